The Bertz CT molecular complexity index is 952. The van der Waals surface area contributed by atoms with Crippen LogP contribution < -0.4 is 20.9 Å². The molecule has 8 nitrogen and oxygen atoms in total. The van der Waals surface area contributed by atoms with Crippen LogP contribution in [-0.2, 0) is 4.79 Å². The Morgan fingerprint density at radius 3 is 2.29 bits per heavy atom. The van der Waals surface area contributed by atoms with Crippen molar-refractivity contribution in [2.75, 3.05) is 6.54 Å². The molecule has 2 aromatic rings. The van der Waals surface area contributed by atoms with Gasteiger partial charge < -0.3 is 15.4 Å². The largest absolute Gasteiger partial charge is 0.573 e. The van der Waals surface area contributed by atoms with E-state index in [-0.39, 0.29) is 17.1 Å². The van der Waals surface area contributed by atoms with Crippen LogP contribution in [0.5, 0.6) is 5.75 Å². The number of amidine groups is 1. The summed E-state index contributed by atoms with van der Waals surface area (Å²) in [7, 11) is 0. The van der Waals surface area contributed by atoms with E-state index in [9.17, 15) is 22.8 Å². The molecule has 2 amide bonds. The summed E-state index contributed by atoms with van der Waals surface area (Å²) in [6.45, 7) is 0.972. The molecule has 0 spiro atoms. The number of pyridine rings is 1. The van der Waals surface area contributed by atoms with E-state index in [0.29, 0.717) is 11.1 Å². The molecular weight excluding hydrogens is 379 g/mol. The van der Waals surface area contributed by atoms with Gasteiger partial charge in [0.1, 0.15) is 11.2 Å². The fourth-order valence-electron chi connectivity index (χ4n) is 2.18. The molecule has 0 atom stereocenters. The number of benzene rings is 1. The summed E-state index contributed by atoms with van der Waals surface area (Å²) in [5.41, 5.74) is 0.791. The van der Waals surface area contributed by atoms with E-state index >= 15 is 0 Å². The minimum Gasteiger partial charge on any atom is -0.406 e. The van der Waals surface area contributed by atoms with Crippen molar-refractivity contribution in [3.63, 3.8) is 0 Å². The summed E-state index contributed by atoms with van der Waals surface area (Å²) in [6, 6.07) is 7.12. The number of aromatic nitrogens is 1. The second-order valence-electron chi connectivity index (χ2n) is 5.58. The number of carbonyl (C=O) groups is 2. The number of rotatable bonds is 4. The minimum atomic E-state index is -4.79. The zero-order valence-electron chi connectivity index (χ0n) is 14.6. The summed E-state index contributed by atoms with van der Waals surface area (Å²) in [4.78, 5) is 23.7. The third-order valence-corrected chi connectivity index (χ3v) is 3.32. The maximum Gasteiger partial charge on any atom is 0.573 e. The zero-order valence-corrected chi connectivity index (χ0v) is 14.6. The van der Waals surface area contributed by atoms with E-state index in [2.05, 4.69) is 15.4 Å². The van der Waals surface area contributed by atoms with Crippen molar-refractivity contribution in [3.05, 3.63) is 48.1 Å². The molecule has 1 heterocycles. The molecule has 0 unspecified atom stereocenters. The Labute approximate surface area is 157 Å². The van der Waals surface area contributed by atoms with Crippen molar-refractivity contribution < 1.29 is 27.5 Å². The summed E-state index contributed by atoms with van der Waals surface area (Å²) >= 11 is 0. The average molecular weight is 395 g/mol. The third-order valence-electron chi connectivity index (χ3n) is 3.32. The number of hydrogen-bond donors (Lipinski definition) is 4. The number of ether oxygens (including phenoxy) is 1. The topological polar surface area (TPSA) is 120 Å². The molecule has 0 bridgehead atoms. The van der Waals surface area contributed by atoms with Crippen LogP contribution in [0.3, 0.4) is 0 Å². The first kappa shape index (κ1) is 20.7. The second kappa shape index (κ2) is 8.37. The van der Waals surface area contributed by atoms with Crippen molar-refractivity contribution >= 4 is 17.8 Å². The van der Waals surface area contributed by atoms with Gasteiger partial charge in [0.05, 0.1) is 12.4 Å². The molecule has 148 valence electrons. The number of nitrogens with one attached hydrogen (secondary N) is 4. The molecule has 0 saturated heterocycles. The lowest BCUT2D eigenvalue weighted by atomic mass is 10.1. The molecule has 1 aromatic carbocycles. The van der Waals surface area contributed by atoms with E-state index in [1.54, 1.807) is 0 Å². The number of halogens is 3. The van der Waals surface area contributed by atoms with Crippen LogP contribution in [0, 0.1) is 10.8 Å². The summed E-state index contributed by atoms with van der Waals surface area (Å²) < 4.78 is 41.4. The van der Waals surface area contributed by atoms with E-state index in [0.717, 1.165) is 16.7 Å². The molecular formula is C17H16F3N5O3. The van der Waals surface area contributed by atoms with Crippen LogP contribution in [0.4, 0.5) is 18.0 Å². The highest BCUT2D eigenvalue weighted by Gasteiger charge is 2.30. The summed E-state index contributed by atoms with van der Waals surface area (Å²) in [6.07, 6.45) is -3.48. The first-order valence-corrected chi connectivity index (χ1v) is 7.82. The number of amides is 2. The van der Waals surface area contributed by atoms with Gasteiger partial charge in [-0.25, -0.2) is 4.79 Å². The highest BCUT2D eigenvalue weighted by molar-refractivity contribution is 5.97. The second-order valence-corrected chi connectivity index (χ2v) is 5.58. The Hall–Kier alpha value is -3.63. The van der Waals surface area contributed by atoms with E-state index in [1.807, 2.05) is 0 Å². The van der Waals surface area contributed by atoms with Gasteiger partial charge in [-0.2, -0.15) is 0 Å². The van der Waals surface area contributed by atoms with Gasteiger partial charge in [-0.3, -0.25) is 20.2 Å². The smallest absolute Gasteiger partial charge is 0.406 e. The maximum atomic E-state index is 12.2. The van der Waals surface area contributed by atoms with Crippen LogP contribution >= 0.6 is 0 Å². The van der Waals surface area contributed by atoms with E-state index in [4.69, 9.17) is 10.8 Å². The van der Waals surface area contributed by atoms with Gasteiger partial charge in [0.25, 0.3) is 0 Å². The molecule has 0 aliphatic heterocycles. The predicted octanol–water partition coefficient (Wildman–Crippen LogP) is 2.20. The first-order valence-electron chi connectivity index (χ1n) is 7.82. The molecule has 0 fully saturated rings. The zero-order chi connectivity index (χ0) is 20.9. The molecule has 0 aliphatic rings. The van der Waals surface area contributed by atoms with E-state index < -0.39 is 24.8 Å². The van der Waals surface area contributed by atoms with E-state index in [1.165, 1.54) is 37.4 Å². The van der Waals surface area contributed by atoms with Crippen LogP contribution in [0.2, 0.25) is 0 Å². The van der Waals surface area contributed by atoms with Gasteiger partial charge in [0.15, 0.2) is 0 Å². The minimum absolute atomic E-state index is 0.0759. The molecule has 11 heteroatoms. The van der Waals surface area contributed by atoms with Crippen molar-refractivity contribution in [3.8, 4) is 16.9 Å². The highest BCUT2D eigenvalue weighted by Crippen LogP contribution is 2.26. The van der Waals surface area contributed by atoms with Crippen molar-refractivity contribution in [1.29, 1.82) is 10.8 Å². The monoisotopic (exact) mass is 395 g/mol. The molecule has 2 rings (SSSR count). The first-order chi connectivity index (χ1) is 13.0. The summed E-state index contributed by atoms with van der Waals surface area (Å²) in [5, 5.41) is 19.5. The van der Waals surface area contributed by atoms with Gasteiger partial charge in [0.2, 0.25) is 5.91 Å². The predicted molar refractivity (Wildman–Crippen MR) is 92.7 cm³/mol. The Kier molecular flexibility index (Phi) is 6.18. The Morgan fingerprint density at radius 1 is 1.11 bits per heavy atom. The number of carbonyl (C=O) groups excluding carboxylic acids is 2. The molecule has 0 radical (unpaired) electrons. The van der Waals surface area contributed by atoms with Crippen LogP contribution in [-0.4, -0.2) is 35.2 Å². The van der Waals surface area contributed by atoms with Gasteiger partial charge >= 0.3 is 12.4 Å². The highest BCUT2D eigenvalue weighted by atomic mass is 19.4. The Morgan fingerprint density at radius 2 is 1.71 bits per heavy atom. The van der Waals surface area contributed by atoms with Crippen LogP contribution in [0.25, 0.3) is 11.1 Å². The van der Waals surface area contributed by atoms with Crippen molar-refractivity contribution in [2.45, 2.75) is 13.3 Å². The van der Waals surface area contributed by atoms with Crippen molar-refractivity contribution in [1.82, 2.24) is 15.2 Å². The maximum absolute atomic E-state index is 12.2. The SMILES string of the molecule is CC(=N)NC(=O)CNC(=O)n1cc(-c2ccc(OC(F)(F)F)cc2)ccc1=N. The van der Waals surface area contributed by atoms with Crippen LogP contribution in [0.1, 0.15) is 6.92 Å². The Balaban J connectivity index is 2.16. The normalized spacial score (nSPS) is 10.9. The molecule has 4 N–H and O–H groups in total. The van der Waals surface area contributed by atoms with Gasteiger partial charge in [-0.1, -0.05) is 12.1 Å². The lowest BCUT2D eigenvalue weighted by Crippen LogP contribution is -2.42. The fraction of sp³-hybridized carbons (Fsp3) is 0.176. The lowest BCUT2D eigenvalue weighted by molar-refractivity contribution is -0.274. The third kappa shape index (κ3) is 5.97. The quantitative estimate of drug-likeness (QED) is 0.469. The summed E-state index contributed by atoms with van der Waals surface area (Å²) in [5.74, 6) is -1.05. The van der Waals surface area contributed by atoms with Crippen molar-refractivity contribution in [2.24, 2.45) is 0 Å². The standard InChI is InChI=1S/C17H16F3N5O3/c1-10(21)24-15(26)8-23-16(27)25-9-12(4-7-14(25)22)11-2-5-13(6-3-11)28-17(18,19)20/h2-7,9,22H,8H2,1H3,(H,23,27)(H2,21,24,26). The number of nitrogens with zero attached hydrogens (tertiary/aromatic N) is 1. The molecule has 28 heavy (non-hydrogen) atoms. The number of alkyl halides is 3. The lowest BCUT2D eigenvalue weighted by Gasteiger charge is -2.11. The average Bonchev–Trinajstić information content (AvgIpc) is 2.59. The molecule has 0 saturated carbocycles. The van der Waals surface area contributed by atoms with Gasteiger partial charge in [0, 0.05) is 6.20 Å². The van der Waals surface area contributed by atoms with Gasteiger partial charge in [-0.05, 0) is 42.3 Å². The fourth-order valence-corrected chi connectivity index (χ4v) is 2.18. The van der Waals surface area contributed by atoms with Gasteiger partial charge in [-0.15, -0.1) is 13.2 Å². The molecule has 0 aliphatic carbocycles. The number of hydrogen-bond acceptors (Lipinski definition) is 5. The van der Waals surface area contributed by atoms with Crippen LogP contribution in [0.15, 0.2) is 42.6 Å². The molecule has 1 aromatic heterocycles.